The number of benzene rings is 1. The lowest BCUT2D eigenvalue weighted by atomic mass is 9.82. The van der Waals surface area contributed by atoms with Gasteiger partial charge < -0.3 is 26.6 Å². The second-order valence-electron chi connectivity index (χ2n) is 10.0. The number of nitrogens with two attached hydrogens (primary N) is 1. The Morgan fingerprint density at radius 1 is 1.15 bits per heavy atom. The summed E-state index contributed by atoms with van der Waals surface area (Å²) in [5, 5.41) is 12.3. The monoisotopic (exact) mass is 470 g/mol. The van der Waals surface area contributed by atoms with E-state index in [2.05, 4.69) is 21.3 Å². The van der Waals surface area contributed by atoms with Crippen LogP contribution >= 0.6 is 0 Å². The third-order valence-electron chi connectivity index (χ3n) is 7.83. The van der Waals surface area contributed by atoms with Gasteiger partial charge in [0.25, 0.3) is 0 Å². The standard InChI is InChI=1S/C25H38N6O3/c1-16(27-2)22(32)30-20(17-9-5-3-6-10-17)24(34)31-14-13-25(26)21(31)19(15-28-25)23(33)29-18-11-7-4-8-12-18/h4,7-8,11-12,16-17,19-21,27-28H,3,5-6,9-10,13-15,26H2,1-2H3,(H,29,33)(H,30,32)/t16-,19?,20?,21+,25+/m0/s1. The molecular formula is C25H38N6O3. The van der Waals surface area contributed by atoms with Crippen LogP contribution in [0.15, 0.2) is 30.3 Å². The summed E-state index contributed by atoms with van der Waals surface area (Å²) < 4.78 is 0. The van der Waals surface area contributed by atoms with E-state index in [0.717, 1.165) is 32.1 Å². The molecule has 2 aliphatic heterocycles. The van der Waals surface area contributed by atoms with E-state index in [1.54, 1.807) is 18.9 Å². The molecule has 1 aliphatic carbocycles. The molecule has 3 amide bonds. The van der Waals surface area contributed by atoms with Gasteiger partial charge in [-0.1, -0.05) is 37.5 Å². The molecule has 0 aromatic heterocycles. The summed E-state index contributed by atoms with van der Waals surface area (Å²) in [5.74, 6) is -0.851. The Labute approximate surface area is 201 Å². The van der Waals surface area contributed by atoms with Crippen LogP contribution in [0.2, 0.25) is 0 Å². The molecule has 5 atom stereocenters. The highest BCUT2D eigenvalue weighted by Gasteiger charge is 2.57. The number of amides is 3. The highest BCUT2D eigenvalue weighted by atomic mass is 16.2. The van der Waals surface area contributed by atoms with Crippen LogP contribution in [0.5, 0.6) is 0 Å². The number of carbonyl (C=O) groups excluding carboxylic acids is 3. The van der Waals surface area contributed by atoms with Gasteiger partial charge in [-0.2, -0.15) is 0 Å². The van der Waals surface area contributed by atoms with Gasteiger partial charge in [-0.3, -0.25) is 19.7 Å². The average molecular weight is 471 g/mol. The lowest BCUT2D eigenvalue weighted by molar-refractivity contribution is -0.141. The first kappa shape index (κ1) is 24.6. The first-order chi connectivity index (χ1) is 16.3. The molecule has 2 heterocycles. The highest BCUT2D eigenvalue weighted by Crippen LogP contribution is 2.37. The number of hydrogen-bond acceptors (Lipinski definition) is 6. The van der Waals surface area contributed by atoms with Crippen molar-refractivity contribution < 1.29 is 14.4 Å². The first-order valence-corrected chi connectivity index (χ1v) is 12.5. The quantitative estimate of drug-likeness (QED) is 0.401. The van der Waals surface area contributed by atoms with Crippen molar-refractivity contribution in [1.82, 2.24) is 20.9 Å². The van der Waals surface area contributed by atoms with Gasteiger partial charge >= 0.3 is 0 Å². The SMILES string of the molecule is CN[C@@H](C)C(=O)NC(C(=O)N1CC[C@@]2(N)NCC(C(=O)Nc3ccccc3)[C@@H]12)C1CCCCC1. The molecule has 1 aromatic rings. The third kappa shape index (κ3) is 4.96. The first-order valence-electron chi connectivity index (χ1n) is 12.5. The van der Waals surface area contributed by atoms with E-state index >= 15 is 0 Å². The average Bonchev–Trinajstić information content (AvgIpc) is 3.37. The van der Waals surface area contributed by atoms with Gasteiger partial charge in [0.1, 0.15) is 6.04 Å². The van der Waals surface area contributed by atoms with Crippen molar-refractivity contribution in [3.63, 3.8) is 0 Å². The Morgan fingerprint density at radius 3 is 2.53 bits per heavy atom. The predicted octanol–water partition coefficient (Wildman–Crippen LogP) is 0.773. The van der Waals surface area contributed by atoms with Gasteiger partial charge in [0.05, 0.1) is 23.7 Å². The number of carbonyl (C=O) groups is 3. The number of fused-ring (bicyclic) bond motifs is 1. The molecule has 0 spiro atoms. The van der Waals surface area contributed by atoms with Crippen molar-refractivity contribution in [3.8, 4) is 0 Å². The maximum absolute atomic E-state index is 14.0. The number of para-hydroxylation sites is 1. The topological polar surface area (TPSA) is 129 Å². The van der Waals surface area contributed by atoms with Gasteiger partial charge in [-0.05, 0) is 51.3 Å². The molecule has 1 saturated carbocycles. The van der Waals surface area contributed by atoms with Crippen molar-refractivity contribution in [2.24, 2.45) is 17.6 Å². The Morgan fingerprint density at radius 2 is 1.85 bits per heavy atom. The lowest BCUT2D eigenvalue weighted by Crippen LogP contribution is -2.61. The third-order valence-corrected chi connectivity index (χ3v) is 7.83. The smallest absolute Gasteiger partial charge is 0.245 e. The lowest BCUT2D eigenvalue weighted by Gasteiger charge is -2.37. The molecule has 2 saturated heterocycles. The van der Waals surface area contributed by atoms with E-state index in [-0.39, 0.29) is 23.6 Å². The summed E-state index contributed by atoms with van der Waals surface area (Å²) >= 11 is 0. The van der Waals surface area contributed by atoms with Gasteiger partial charge in [0, 0.05) is 18.8 Å². The minimum absolute atomic E-state index is 0.0907. The van der Waals surface area contributed by atoms with Crippen LogP contribution in [-0.2, 0) is 14.4 Å². The Bertz CT molecular complexity index is 890. The van der Waals surface area contributed by atoms with E-state index in [1.165, 1.54) is 0 Å². The fourth-order valence-electron chi connectivity index (χ4n) is 5.73. The minimum atomic E-state index is -0.812. The number of likely N-dealkylation sites (tertiary alicyclic amines) is 1. The Hall–Kier alpha value is -2.49. The summed E-state index contributed by atoms with van der Waals surface area (Å²) in [4.78, 5) is 41.7. The van der Waals surface area contributed by atoms with Gasteiger partial charge in [-0.25, -0.2) is 0 Å². The number of hydrogen-bond donors (Lipinski definition) is 5. The second-order valence-corrected chi connectivity index (χ2v) is 10.0. The number of nitrogens with zero attached hydrogens (tertiary/aromatic N) is 1. The van der Waals surface area contributed by atoms with Gasteiger partial charge in [0.15, 0.2) is 0 Å². The van der Waals surface area contributed by atoms with Crippen LogP contribution in [0.3, 0.4) is 0 Å². The van der Waals surface area contributed by atoms with Crippen molar-refractivity contribution >= 4 is 23.4 Å². The molecule has 3 aliphatic rings. The van der Waals surface area contributed by atoms with Crippen LogP contribution in [0, 0.1) is 11.8 Å². The number of rotatable bonds is 7. The molecule has 0 bridgehead atoms. The molecule has 2 unspecified atom stereocenters. The van der Waals surface area contributed by atoms with Crippen LogP contribution in [0.4, 0.5) is 5.69 Å². The molecule has 1 aromatic carbocycles. The van der Waals surface area contributed by atoms with E-state index in [9.17, 15) is 14.4 Å². The molecule has 9 nitrogen and oxygen atoms in total. The molecular weight excluding hydrogens is 432 g/mol. The van der Waals surface area contributed by atoms with E-state index in [4.69, 9.17) is 5.73 Å². The van der Waals surface area contributed by atoms with Crippen LogP contribution in [0.1, 0.15) is 45.4 Å². The molecule has 34 heavy (non-hydrogen) atoms. The molecule has 186 valence electrons. The Balaban J connectivity index is 1.55. The summed E-state index contributed by atoms with van der Waals surface area (Å²) in [7, 11) is 1.73. The van der Waals surface area contributed by atoms with E-state index in [0.29, 0.717) is 25.2 Å². The van der Waals surface area contributed by atoms with E-state index < -0.39 is 29.7 Å². The summed E-state index contributed by atoms with van der Waals surface area (Å²) in [6, 6.07) is 7.83. The van der Waals surface area contributed by atoms with Gasteiger partial charge in [-0.15, -0.1) is 0 Å². The van der Waals surface area contributed by atoms with Crippen LogP contribution in [0.25, 0.3) is 0 Å². The minimum Gasteiger partial charge on any atom is -0.343 e. The van der Waals surface area contributed by atoms with Crippen molar-refractivity contribution in [1.29, 1.82) is 0 Å². The number of anilines is 1. The largest absolute Gasteiger partial charge is 0.343 e. The molecule has 3 fully saturated rings. The summed E-state index contributed by atoms with van der Waals surface area (Å²) in [6.07, 6.45) is 5.65. The van der Waals surface area contributed by atoms with Crippen molar-refractivity contribution in [2.75, 3.05) is 25.5 Å². The number of likely N-dealkylation sites (N-methyl/N-ethyl adjacent to an activating group) is 1. The number of nitrogens with one attached hydrogen (secondary N) is 4. The summed E-state index contributed by atoms with van der Waals surface area (Å²) in [5.41, 5.74) is 6.58. The van der Waals surface area contributed by atoms with Crippen molar-refractivity contribution in [3.05, 3.63) is 30.3 Å². The maximum atomic E-state index is 14.0. The van der Waals surface area contributed by atoms with Crippen molar-refractivity contribution in [2.45, 2.75) is 69.2 Å². The fraction of sp³-hybridized carbons (Fsp3) is 0.640. The zero-order valence-corrected chi connectivity index (χ0v) is 20.2. The van der Waals surface area contributed by atoms with Gasteiger partial charge in [0.2, 0.25) is 17.7 Å². The predicted molar refractivity (Wildman–Crippen MR) is 131 cm³/mol. The molecule has 0 radical (unpaired) electrons. The zero-order chi connectivity index (χ0) is 24.3. The highest BCUT2D eigenvalue weighted by molar-refractivity contribution is 5.95. The zero-order valence-electron chi connectivity index (χ0n) is 20.2. The van der Waals surface area contributed by atoms with E-state index in [1.807, 2.05) is 30.3 Å². The second kappa shape index (κ2) is 10.4. The van der Waals surface area contributed by atoms with Crippen LogP contribution < -0.4 is 27.0 Å². The Kier molecular flexibility index (Phi) is 7.54. The molecule has 4 rings (SSSR count). The normalized spacial score (nSPS) is 28.7. The summed E-state index contributed by atoms with van der Waals surface area (Å²) in [6.45, 7) is 2.65. The fourth-order valence-corrected chi connectivity index (χ4v) is 5.73. The van der Waals surface area contributed by atoms with Crippen LogP contribution in [-0.4, -0.2) is 66.5 Å². The molecule has 9 heteroatoms. The maximum Gasteiger partial charge on any atom is 0.245 e. The molecule has 6 N–H and O–H groups in total.